The molecule has 2 aromatic heterocycles. The van der Waals surface area contributed by atoms with E-state index in [1.807, 2.05) is 28.3 Å². The van der Waals surface area contributed by atoms with Gasteiger partial charge in [0.25, 0.3) is 5.91 Å². The average Bonchev–Trinajstić information content (AvgIpc) is 3.47. The SMILES string of the molecule is CF.Cc1cc(F)c(C(=O)Nc2cccc3c2OCCn2cnnc2-3)cc1-n1cnc(C2CC2)c1. The van der Waals surface area contributed by atoms with Gasteiger partial charge in [0.05, 0.1) is 48.2 Å². The summed E-state index contributed by atoms with van der Waals surface area (Å²) in [6.45, 7) is 2.81. The van der Waals surface area contributed by atoms with Crippen molar-refractivity contribution in [2.75, 3.05) is 19.1 Å². The van der Waals surface area contributed by atoms with Crippen LogP contribution in [0.2, 0.25) is 0 Å². The van der Waals surface area contributed by atoms with Crippen LogP contribution in [0.1, 0.15) is 40.4 Å². The summed E-state index contributed by atoms with van der Waals surface area (Å²) in [4.78, 5) is 17.6. The Kier molecular flexibility index (Phi) is 6.02. The van der Waals surface area contributed by atoms with Crippen LogP contribution in [0.5, 0.6) is 5.75 Å². The molecule has 0 bridgehead atoms. The summed E-state index contributed by atoms with van der Waals surface area (Å²) in [5.41, 5.74) is 3.60. The van der Waals surface area contributed by atoms with Gasteiger partial charge in [-0.3, -0.25) is 9.18 Å². The highest BCUT2D eigenvalue weighted by Gasteiger charge is 2.26. The maximum absolute atomic E-state index is 14.9. The van der Waals surface area contributed by atoms with Crippen molar-refractivity contribution in [2.24, 2.45) is 0 Å². The van der Waals surface area contributed by atoms with Crippen molar-refractivity contribution in [3.63, 3.8) is 0 Å². The molecule has 6 rings (SSSR count). The summed E-state index contributed by atoms with van der Waals surface area (Å²) < 4.78 is 34.0. The van der Waals surface area contributed by atoms with E-state index in [4.69, 9.17) is 4.74 Å². The van der Waals surface area contributed by atoms with Crippen molar-refractivity contribution in [1.29, 1.82) is 0 Å². The number of anilines is 1. The van der Waals surface area contributed by atoms with Crippen molar-refractivity contribution in [1.82, 2.24) is 24.3 Å². The zero-order chi connectivity index (χ0) is 24.5. The number of para-hydroxylation sites is 1. The minimum absolute atomic E-state index is 0.0494. The van der Waals surface area contributed by atoms with E-state index >= 15 is 0 Å². The zero-order valence-electron chi connectivity index (χ0n) is 19.3. The van der Waals surface area contributed by atoms with E-state index < -0.39 is 11.7 Å². The van der Waals surface area contributed by atoms with E-state index in [2.05, 4.69) is 20.5 Å². The standard InChI is InChI=1S/C24H21FN6O2.CH3F/c1-14-9-18(25)17(10-21(14)31-11-20(26-12-31)15-5-6-15)24(32)28-19-4-2-3-16-22(19)33-8-7-30-13-27-29-23(16)30;1-2/h2-4,9-13,15H,5-8H2,1H3,(H,28,32);1H3. The third-order valence-electron chi connectivity index (χ3n) is 6.10. The molecule has 4 aromatic rings. The number of benzene rings is 2. The number of ether oxygens (including phenoxy) is 1. The van der Waals surface area contributed by atoms with Gasteiger partial charge in [-0.2, -0.15) is 0 Å². The van der Waals surface area contributed by atoms with Gasteiger partial charge in [-0.15, -0.1) is 10.2 Å². The van der Waals surface area contributed by atoms with Gasteiger partial charge in [-0.05, 0) is 49.6 Å². The van der Waals surface area contributed by atoms with Gasteiger partial charge >= 0.3 is 0 Å². The lowest BCUT2D eigenvalue weighted by Gasteiger charge is -2.15. The number of carbonyl (C=O) groups is 1. The maximum Gasteiger partial charge on any atom is 0.258 e. The molecule has 180 valence electrons. The Balaban J connectivity index is 0.00000124. The summed E-state index contributed by atoms with van der Waals surface area (Å²) in [7, 11) is 0.500. The predicted molar refractivity (Wildman–Crippen MR) is 126 cm³/mol. The van der Waals surface area contributed by atoms with Crippen LogP contribution in [0.3, 0.4) is 0 Å². The fourth-order valence-electron chi connectivity index (χ4n) is 4.20. The molecule has 1 saturated carbocycles. The Morgan fingerprint density at radius 1 is 1.20 bits per heavy atom. The van der Waals surface area contributed by atoms with Crippen LogP contribution in [-0.2, 0) is 6.54 Å². The lowest BCUT2D eigenvalue weighted by Crippen LogP contribution is -2.16. The van der Waals surface area contributed by atoms with Crippen molar-refractivity contribution in [3.05, 3.63) is 71.8 Å². The molecule has 0 saturated heterocycles. The number of halogens is 2. The first-order chi connectivity index (χ1) is 17.1. The molecule has 1 amide bonds. The van der Waals surface area contributed by atoms with Crippen molar-refractivity contribution >= 4 is 11.6 Å². The number of amides is 1. The molecule has 10 heteroatoms. The minimum Gasteiger partial charge on any atom is -0.489 e. The molecule has 1 N–H and O–H groups in total. The highest BCUT2D eigenvalue weighted by atomic mass is 19.1. The van der Waals surface area contributed by atoms with Gasteiger partial charge in [-0.1, -0.05) is 6.07 Å². The molecule has 35 heavy (non-hydrogen) atoms. The minimum atomic E-state index is -0.584. The van der Waals surface area contributed by atoms with Crippen LogP contribution < -0.4 is 10.1 Å². The molecular formula is C25H24F2N6O2. The Bertz CT molecular complexity index is 1390. The highest BCUT2D eigenvalue weighted by Crippen LogP contribution is 2.39. The molecule has 3 heterocycles. The normalized spacial score (nSPS) is 14.1. The first kappa shape index (κ1) is 22.7. The largest absolute Gasteiger partial charge is 0.489 e. The zero-order valence-corrected chi connectivity index (χ0v) is 19.3. The van der Waals surface area contributed by atoms with Crippen molar-refractivity contribution in [3.8, 4) is 22.8 Å². The number of nitrogens with zero attached hydrogens (tertiary/aromatic N) is 5. The van der Waals surface area contributed by atoms with E-state index in [1.54, 1.807) is 30.9 Å². The first-order valence-corrected chi connectivity index (χ1v) is 11.3. The Labute approximate surface area is 200 Å². The van der Waals surface area contributed by atoms with Crippen LogP contribution >= 0.6 is 0 Å². The summed E-state index contributed by atoms with van der Waals surface area (Å²) >= 11 is 0. The quantitative estimate of drug-likeness (QED) is 0.460. The summed E-state index contributed by atoms with van der Waals surface area (Å²) in [5.74, 6) is 0.523. The maximum atomic E-state index is 14.9. The summed E-state index contributed by atoms with van der Waals surface area (Å²) in [6, 6.07) is 8.33. The molecule has 0 spiro atoms. The highest BCUT2D eigenvalue weighted by molar-refractivity contribution is 6.06. The summed E-state index contributed by atoms with van der Waals surface area (Å²) in [5, 5.41) is 11.0. The molecule has 2 aliphatic rings. The third kappa shape index (κ3) is 4.27. The Morgan fingerprint density at radius 3 is 2.83 bits per heavy atom. The number of aromatic nitrogens is 5. The average molecular weight is 479 g/mol. The first-order valence-electron chi connectivity index (χ1n) is 11.3. The van der Waals surface area contributed by atoms with E-state index in [9.17, 15) is 13.6 Å². The fourth-order valence-corrected chi connectivity index (χ4v) is 4.20. The smallest absolute Gasteiger partial charge is 0.258 e. The number of carbonyl (C=O) groups excluding carboxylic acids is 1. The van der Waals surface area contributed by atoms with Crippen LogP contribution in [0, 0.1) is 12.7 Å². The number of imidazole rings is 1. The number of nitrogens with one attached hydrogen (secondary N) is 1. The molecule has 1 aliphatic carbocycles. The van der Waals surface area contributed by atoms with Gasteiger partial charge < -0.3 is 19.2 Å². The van der Waals surface area contributed by atoms with Gasteiger partial charge in [-0.25, -0.2) is 9.37 Å². The number of hydrogen-bond acceptors (Lipinski definition) is 5. The second-order valence-corrected chi connectivity index (χ2v) is 8.43. The van der Waals surface area contributed by atoms with Crippen LogP contribution in [0.25, 0.3) is 17.1 Å². The lowest BCUT2D eigenvalue weighted by atomic mass is 10.1. The van der Waals surface area contributed by atoms with Gasteiger partial charge in [0.15, 0.2) is 11.6 Å². The van der Waals surface area contributed by atoms with E-state index in [-0.39, 0.29) is 5.56 Å². The third-order valence-corrected chi connectivity index (χ3v) is 6.10. The van der Waals surface area contributed by atoms with E-state index in [0.29, 0.717) is 43.5 Å². The predicted octanol–water partition coefficient (Wildman–Crippen LogP) is 4.69. The topological polar surface area (TPSA) is 86.9 Å². The lowest BCUT2D eigenvalue weighted by molar-refractivity contribution is 0.102. The second kappa shape index (κ2) is 9.28. The molecule has 1 fully saturated rings. The number of alkyl halides is 1. The Morgan fingerprint density at radius 2 is 2.03 bits per heavy atom. The Hall–Kier alpha value is -4.08. The van der Waals surface area contributed by atoms with Crippen LogP contribution in [0.15, 0.2) is 49.2 Å². The number of aryl methyl sites for hydroxylation is 1. The van der Waals surface area contributed by atoms with Crippen molar-refractivity contribution in [2.45, 2.75) is 32.2 Å². The van der Waals surface area contributed by atoms with Crippen LogP contribution in [-0.4, -0.2) is 44.0 Å². The molecular weight excluding hydrogens is 454 g/mol. The molecule has 2 aromatic carbocycles. The fraction of sp³-hybridized carbons (Fsp3) is 0.280. The number of hydrogen-bond donors (Lipinski definition) is 1. The van der Waals surface area contributed by atoms with E-state index in [1.165, 1.54) is 6.07 Å². The van der Waals surface area contributed by atoms with Gasteiger partial charge in [0.1, 0.15) is 18.8 Å². The number of rotatable bonds is 4. The molecule has 0 atom stereocenters. The van der Waals surface area contributed by atoms with Gasteiger partial charge in [0, 0.05) is 12.1 Å². The summed E-state index contributed by atoms with van der Waals surface area (Å²) in [6.07, 6.45) is 7.62. The monoisotopic (exact) mass is 478 g/mol. The number of fused-ring (bicyclic) bond motifs is 3. The van der Waals surface area contributed by atoms with Gasteiger partial charge in [0.2, 0.25) is 0 Å². The molecule has 1 aliphatic heterocycles. The van der Waals surface area contributed by atoms with Crippen LogP contribution in [0.4, 0.5) is 14.5 Å². The molecule has 8 nitrogen and oxygen atoms in total. The second-order valence-electron chi connectivity index (χ2n) is 8.43. The van der Waals surface area contributed by atoms with Crippen molar-refractivity contribution < 1.29 is 18.3 Å². The molecule has 0 unspecified atom stereocenters. The molecule has 0 radical (unpaired) electrons. The van der Waals surface area contributed by atoms with E-state index in [0.717, 1.165) is 35.3 Å².